The van der Waals surface area contributed by atoms with E-state index in [1.54, 1.807) is 0 Å². The molecule has 0 unspecified atom stereocenters. The fourth-order valence-corrected chi connectivity index (χ4v) is 3.10. The van der Waals surface area contributed by atoms with Gasteiger partial charge in [0.15, 0.2) is 0 Å². The molecule has 2 aromatic heterocycles. The number of H-pyrrole nitrogens is 1. The molecule has 25 heavy (non-hydrogen) atoms. The molecule has 7 nitrogen and oxygen atoms in total. The Balaban J connectivity index is 1.67. The quantitative estimate of drug-likeness (QED) is 0.676. The summed E-state index contributed by atoms with van der Waals surface area (Å²) in [4.78, 5) is 26.2. The lowest BCUT2D eigenvalue weighted by atomic mass is 9.96. The van der Waals surface area contributed by atoms with Crippen molar-refractivity contribution >= 4 is 30.2 Å². The lowest BCUT2D eigenvalue weighted by Gasteiger charge is -2.27. The number of hydrogen-bond acceptors (Lipinski definition) is 5. The molecular weight excluding hydrogens is 317 g/mol. The van der Waals surface area contributed by atoms with Crippen molar-refractivity contribution in [2.24, 2.45) is 7.05 Å². The number of fused-ring (bicyclic) bond motifs is 1. The number of rotatable bonds is 3. The predicted octanol–water partition coefficient (Wildman–Crippen LogP) is -0.122. The van der Waals surface area contributed by atoms with E-state index in [0.29, 0.717) is 36.7 Å². The largest absolute Gasteiger partial charge is 0.378 e. The first-order valence-electron chi connectivity index (χ1n) is 8.24. The molecule has 1 saturated heterocycles. The summed E-state index contributed by atoms with van der Waals surface area (Å²) in [5.41, 5.74) is 2.37. The van der Waals surface area contributed by atoms with Crippen LogP contribution < -0.4 is 15.9 Å². The first-order chi connectivity index (χ1) is 12.1. The average Bonchev–Trinajstić information content (AvgIpc) is 2.91. The minimum absolute atomic E-state index is 0.158. The summed E-state index contributed by atoms with van der Waals surface area (Å²) in [6.45, 7) is 2.77. The van der Waals surface area contributed by atoms with E-state index in [4.69, 9.17) is 12.6 Å². The van der Waals surface area contributed by atoms with E-state index in [9.17, 15) is 4.79 Å². The average molecular weight is 335 g/mol. The van der Waals surface area contributed by atoms with Crippen LogP contribution in [-0.2, 0) is 18.2 Å². The summed E-state index contributed by atoms with van der Waals surface area (Å²) >= 11 is 0. The van der Waals surface area contributed by atoms with Crippen LogP contribution in [-0.4, -0.2) is 53.7 Å². The third-order valence-corrected chi connectivity index (χ3v) is 4.44. The van der Waals surface area contributed by atoms with Crippen LogP contribution in [0.3, 0.4) is 0 Å². The van der Waals surface area contributed by atoms with Crippen molar-refractivity contribution in [3.05, 3.63) is 46.3 Å². The molecule has 0 saturated carbocycles. The van der Waals surface area contributed by atoms with Crippen LogP contribution in [0.25, 0.3) is 11.0 Å². The number of nitrogens with one attached hydrogen (secondary N) is 1. The van der Waals surface area contributed by atoms with Crippen LogP contribution in [0.2, 0.25) is 0 Å². The Morgan fingerprint density at radius 3 is 2.84 bits per heavy atom. The Hall–Kier alpha value is -2.61. The summed E-state index contributed by atoms with van der Waals surface area (Å²) < 4.78 is 7.34. The lowest BCUT2D eigenvalue weighted by Crippen LogP contribution is -2.37. The molecule has 0 amide bonds. The summed E-state index contributed by atoms with van der Waals surface area (Å²) in [6.07, 6.45) is 0.443. The zero-order valence-corrected chi connectivity index (χ0v) is 14.0. The van der Waals surface area contributed by atoms with Gasteiger partial charge >= 0.3 is 0 Å². The van der Waals surface area contributed by atoms with Gasteiger partial charge in [-0.3, -0.25) is 4.79 Å². The second-order valence-corrected chi connectivity index (χ2v) is 6.16. The lowest BCUT2D eigenvalue weighted by molar-refractivity contribution is 0.122. The van der Waals surface area contributed by atoms with E-state index < -0.39 is 0 Å². The van der Waals surface area contributed by atoms with E-state index in [0.717, 1.165) is 29.9 Å². The van der Waals surface area contributed by atoms with Gasteiger partial charge in [0.05, 0.1) is 30.7 Å². The van der Waals surface area contributed by atoms with Crippen LogP contribution in [0.1, 0.15) is 11.6 Å². The topological polar surface area (TPSA) is 76.0 Å². The molecule has 126 valence electrons. The van der Waals surface area contributed by atoms with Crippen molar-refractivity contribution in [2.45, 2.75) is 6.42 Å². The van der Waals surface area contributed by atoms with Gasteiger partial charge < -0.3 is 19.2 Å². The first kappa shape index (κ1) is 15.9. The monoisotopic (exact) mass is 335 g/mol. The van der Waals surface area contributed by atoms with Crippen LogP contribution >= 0.6 is 0 Å². The first-order valence-corrected chi connectivity index (χ1v) is 8.24. The molecule has 8 heteroatoms. The van der Waals surface area contributed by atoms with Gasteiger partial charge in [-0.05, 0) is 12.1 Å². The number of anilines is 1. The van der Waals surface area contributed by atoms with Crippen LogP contribution in [0.5, 0.6) is 0 Å². The van der Waals surface area contributed by atoms with Gasteiger partial charge in [-0.15, -0.1) is 0 Å². The second kappa shape index (κ2) is 6.36. The highest BCUT2D eigenvalue weighted by Gasteiger charge is 2.15. The van der Waals surface area contributed by atoms with E-state index in [1.807, 2.05) is 29.8 Å². The predicted molar refractivity (Wildman–Crippen MR) is 96.8 cm³/mol. The number of imidazole rings is 1. The van der Waals surface area contributed by atoms with Gasteiger partial charge in [0, 0.05) is 26.2 Å². The zero-order valence-electron chi connectivity index (χ0n) is 14.0. The fraction of sp³-hybridized carbons (Fsp3) is 0.353. The minimum Gasteiger partial charge on any atom is -0.378 e. The highest BCUT2D eigenvalue weighted by atomic mass is 16.5. The number of ether oxygens (including phenoxy) is 1. The SMILES string of the molecule is [B]c1ccc2nc(Cc3nc(N4CCOCC4)cc(=O)[nH]3)n(C)c2c1. The number of aromatic amines is 1. The van der Waals surface area contributed by atoms with E-state index >= 15 is 0 Å². The molecule has 4 rings (SSSR count). The summed E-state index contributed by atoms with van der Waals surface area (Å²) in [5.74, 6) is 2.10. The minimum atomic E-state index is -0.158. The molecule has 3 heterocycles. The Morgan fingerprint density at radius 2 is 2.04 bits per heavy atom. The number of morpholine rings is 1. The van der Waals surface area contributed by atoms with Gasteiger partial charge in [-0.2, -0.15) is 0 Å². The Bertz CT molecular complexity index is 975. The van der Waals surface area contributed by atoms with Gasteiger partial charge in [0.1, 0.15) is 25.3 Å². The standard InChI is InChI=1S/C17H18BN5O2/c1-22-13-8-11(18)2-3-12(13)19-15(22)9-14-20-16(10-17(24)21-14)23-4-6-25-7-5-23/h2-3,8,10H,4-7,9H2,1H3,(H,20,21,24). The highest BCUT2D eigenvalue weighted by molar-refractivity contribution is 6.33. The number of hydrogen-bond donors (Lipinski definition) is 1. The Kier molecular flexibility index (Phi) is 4.05. The molecule has 0 aliphatic carbocycles. The van der Waals surface area contributed by atoms with Crippen molar-refractivity contribution < 1.29 is 4.74 Å². The normalized spacial score (nSPS) is 15.0. The molecule has 0 atom stereocenters. The molecule has 1 fully saturated rings. The molecule has 0 spiro atoms. The maximum absolute atomic E-state index is 12.0. The maximum atomic E-state index is 12.0. The molecule has 1 aliphatic heterocycles. The third-order valence-electron chi connectivity index (χ3n) is 4.44. The molecule has 3 aromatic rings. The van der Waals surface area contributed by atoms with Gasteiger partial charge in [-0.25, -0.2) is 9.97 Å². The fourth-order valence-electron chi connectivity index (χ4n) is 3.10. The molecule has 1 aliphatic rings. The van der Waals surface area contributed by atoms with Crippen molar-refractivity contribution in [1.82, 2.24) is 19.5 Å². The van der Waals surface area contributed by atoms with Crippen molar-refractivity contribution in [1.29, 1.82) is 0 Å². The number of aromatic nitrogens is 4. The maximum Gasteiger partial charge on any atom is 0.252 e. The van der Waals surface area contributed by atoms with Crippen LogP contribution in [0, 0.1) is 0 Å². The molecule has 1 N–H and O–H groups in total. The van der Waals surface area contributed by atoms with E-state index in [1.165, 1.54) is 6.07 Å². The Morgan fingerprint density at radius 1 is 1.24 bits per heavy atom. The zero-order chi connectivity index (χ0) is 17.4. The van der Waals surface area contributed by atoms with E-state index in [2.05, 4.69) is 19.9 Å². The number of benzene rings is 1. The summed E-state index contributed by atoms with van der Waals surface area (Å²) in [7, 11) is 7.80. The molecular formula is C17H18BN5O2. The summed E-state index contributed by atoms with van der Waals surface area (Å²) in [6, 6.07) is 7.16. The van der Waals surface area contributed by atoms with Crippen molar-refractivity contribution in [2.75, 3.05) is 31.2 Å². The smallest absolute Gasteiger partial charge is 0.252 e. The second-order valence-electron chi connectivity index (χ2n) is 6.16. The number of aryl methyl sites for hydroxylation is 1. The molecule has 0 bridgehead atoms. The highest BCUT2D eigenvalue weighted by Crippen LogP contribution is 2.16. The third kappa shape index (κ3) is 3.17. The molecule has 1 aromatic carbocycles. The van der Waals surface area contributed by atoms with Gasteiger partial charge in [0.25, 0.3) is 5.56 Å². The van der Waals surface area contributed by atoms with Crippen molar-refractivity contribution in [3.8, 4) is 0 Å². The van der Waals surface area contributed by atoms with Gasteiger partial charge in [-0.1, -0.05) is 11.5 Å². The van der Waals surface area contributed by atoms with Crippen LogP contribution in [0.15, 0.2) is 29.1 Å². The van der Waals surface area contributed by atoms with Crippen LogP contribution in [0.4, 0.5) is 5.82 Å². The van der Waals surface area contributed by atoms with Crippen molar-refractivity contribution in [3.63, 3.8) is 0 Å². The van der Waals surface area contributed by atoms with E-state index in [-0.39, 0.29) is 5.56 Å². The number of nitrogens with zero attached hydrogens (tertiary/aromatic N) is 4. The summed E-state index contributed by atoms with van der Waals surface area (Å²) in [5, 5.41) is 0. The Labute approximate surface area is 146 Å². The molecule has 2 radical (unpaired) electrons. The van der Waals surface area contributed by atoms with Gasteiger partial charge in [0.2, 0.25) is 0 Å².